The van der Waals surface area contributed by atoms with Gasteiger partial charge in [0.2, 0.25) is 10.0 Å². The van der Waals surface area contributed by atoms with Crippen molar-refractivity contribution < 1.29 is 17.5 Å². The summed E-state index contributed by atoms with van der Waals surface area (Å²) in [6.07, 6.45) is 4.05. The fraction of sp³-hybridized carbons (Fsp3) is 0.600. The van der Waals surface area contributed by atoms with Gasteiger partial charge in [0.15, 0.2) is 11.6 Å². The van der Waals surface area contributed by atoms with Crippen LogP contribution in [0.4, 0.5) is 4.39 Å². The van der Waals surface area contributed by atoms with E-state index < -0.39 is 15.8 Å². The largest absolute Gasteiger partial charge is 0.491 e. The molecule has 1 aromatic rings. The lowest BCUT2D eigenvalue weighted by Gasteiger charge is -2.29. The quantitative estimate of drug-likeness (QED) is 0.908. The lowest BCUT2D eigenvalue weighted by atomic mass is 9.87. The predicted octanol–water partition coefficient (Wildman–Crippen LogP) is 3.08. The van der Waals surface area contributed by atoms with Crippen LogP contribution in [-0.4, -0.2) is 21.1 Å². The van der Waals surface area contributed by atoms with Crippen molar-refractivity contribution in [1.82, 2.24) is 4.72 Å². The second kappa shape index (κ2) is 6.75. The number of rotatable bonds is 5. The summed E-state index contributed by atoms with van der Waals surface area (Å²) >= 11 is 0. The Kier molecular flexibility index (Phi) is 5.22. The third-order valence-electron chi connectivity index (χ3n) is 3.93. The van der Waals surface area contributed by atoms with Crippen molar-refractivity contribution >= 4 is 10.0 Å². The molecule has 6 heteroatoms. The van der Waals surface area contributed by atoms with Gasteiger partial charge in [-0.2, -0.15) is 0 Å². The van der Waals surface area contributed by atoms with Gasteiger partial charge in [-0.3, -0.25) is 0 Å². The van der Waals surface area contributed by atoms with Crippen molar-refractivity contribution in [3.05, 3.63) is 24.0 Å². The average Bonchev–Trinajstić information content (AvgIpc) is 2.44. The first kappa shape index (κ1) is 16.2. The molecular formula is C15H22FNO3S. The molecule has 0 unspecified atom stereocenters. The maximum Gasteiger partial charge on any atom is 0.240 e. The monoisotopic (exact) mass is 315 g/mol. The summed E-state index contributed by atoms with van der Waals surface area (Å²) in [4.78, 5) is 0.0464. The van der Waals surface area contributed by atoms with E-state index >= 15 is 0 Å². The molecule has 1 aliphatic carbocycles. The molecule has 0 spiro atoms. The Balaban J connectivity index is 2.20. The minimum atomic E-state index is -3.65. The molecule has 0 heterocycles. The van der Waals surface area contributed by atoms with E-state index in [1.165, 1.54) is 12.1 Å². The van der Waals surface area contributed by atoms with Gasteiger partial charge in [-0.1, -0.05) is 19.8 Å². The zero-order chi connectivity index (χ0) is 15.5. The van der Waals surface area contributed by atoms with Gasteiger partial charge in [-0.05, 0) is 37.8 Å². The van der Waals surface area contributed by atoms with Crippen LogP contribution in [0.15, 0.2) is 23.1 Å². The Morgan fingerprint density at radius 2 is 2.05 bits per heavy atom. The number of sulfonamides is 1. The zero-order valence-electron chi connectivity index (χ0n) is 12.4. The molecule has 1 saturated carbocycles. The second-order valence-corrected chi connectivity index (χ2v) is 7.23. The first-order valence-electron chi connectivity index (χ1n) is 7.38. The summed E-state index contributed by atoms with van der Waals surface area (Å²) in [5, 5.41) is 0. The van der Waals surface area contributed by atoms with Gasteiger partial charge < -0.3 is 4.74 Å². The molecule has 0 bridgehead atoms. The van der Waals surface area contributed by atoms with Crippen LogP contribution in [0.3, 0.4) is 0 Å². The summed E-state index contributed by atoms with van der Waals surface area (Å²) in [7, 11) is -3.65. The SMILES string of the molecule is CCOc1cc(S(=O)(=O)N[C@H]2CCCC[C@@H]2C)ccc1F. The van der Waals surface area contributed by atoms with E-state index in [2.05, 4.69) is 11.6 Å². The third kappa shape index (κ3) is 3.95. The molecule has 0 radical (unpaired) electrons. The zero-order valence-corrected chi connectivity index (χ0v) is 13.2. The Morgan fingerprint density at radius 3 is 2.71 bits per heavy atom. The van der Waals surface area contributed by atoms with E-state index in [1.54, 1.807) is 6.92 Å². The molecule has 1 N–H and O–H groups in total. The molecule has 1 aliphatic rings. The lowest BCUT2D eigenvalue weighted by molar-refractivity contribution is 0.310. The van der Waals surface area contributed by atoms with Crippen LogP contribution in [0.2, 0.25) is 0 Å². The first-order chi connectivity index (χ1) is 9.94. The van der Waals surface area contributed by atoms with E-state index in [9.17, 15) is 12.8 Å². The first-order valence-corrected chi connectivity index (χ1v) is 8.87. The van der Waals surface area contributed by atoms with Crippen LogP contribution in [0, 0.1) is 11.7 Å². The number of hydrogen-bond donors (Lipinski definition) is 1. The predicted molar refractivity (Wildman–Crippen MR) is 79.3 cm³/mol. The molecule has 0 amide bonds. The third-order valence-corrected chi connectivity index (χ3v) is 5.42. The fourth-order valence-corrected chi connectivity index (χ4v) is 4.07. The van der Waals surface area contributed by atoms with Crippen LogP contribution in [0.25, 0.3) is 0 Å². The minimum Gasteiger partial charge on any atom is -0.491 e. The molecule has 21 heavy (non-hydrogen) atoms. The molecule has 1 fully saturated rings. The molecule has 118 valence electrons. The smallest absolute Gasteiger partial charge is 0.240 e. The summed E-state index contributed by atoms with van der Waals surface area (Å²) in [6.45, 7) is 4.07. The minimum absolute atomic E-state index is 0.0305. The Labute approximate surface area is 125 Å². The van der Waals surface area contributed by atoms with Crippen LogP contribution in [0.1, 0.15) is 39.5 Å². The van der Waals surface area contributed by atoms with Crippen molar-refractivity contribution in [2.45, 2.75) is 50.5 Å². The normalized spacial score (nSPS) is 23.0. The van der Waals surface area contributed by atoms with Crippen molar-refractivity contribution in [3.8, 4) is 5.75 Å². The highest BCUT2D eigenvalue weighted by molar-refractivity contribution is 7.89. The molecule has 2 rings (SSSR count). The Bertz CT molecular complexity index is 589. The molecule has 0 saturated heterocycles. The fourth-order valence-electron chi connectivity index (χ4n) is 2.68. The number of benzene rings is 1. The number of hydrogen-bond acceptors (Lipinski definition) is 3. The number of ether oxygens (including phenoxy) is 1. The van der Waals surface area contributed by atoms with E-state index in [4.69, 9.17) is 4.74 Å². The van der Waals surface area contributed by atoms with Gasteiger partial charge >= 0.3 is 0 Å². The van der Waals surface area contributed by atoms with Crippen molar-refractivity contribution in [3.63, 3.8) is 0 Å². The van der Waals surface area contributed by atoms with Gasteiger partial charge in [0, 0.05) is 12.1 Å². The van der Waals surface area contributed by atoms with Crippen molar-refractivity contribution in [2.24, 2.45) is 5.92 Å². The maximum absolute atomic E-state index is 13.5. The Hall–Kier alpha value is -1.14. The lowest BCUT2D eigenvalue weighted by Crippen LogP contribution is -2.40. The van der Waals surface area contributed by atoms with Crippen molar-refractivity contribution in [2.75, 3.05) is 6.61 Å². The van der Waals surface area contributed by atoms with Crippen LogP contribution in [-0.2, 0) is 10.0 Å². The van der Waals surface area contributed by atoms with Crippen LogP contribution >= 0.6 is 0 Å². The van der Waals surface area contributed by atoms with Gasteiger partial charge in [0.25, 0.3) is 0 Å². The number of nitrogens with one attached hydrogen (secondary N) is 1. The number of halogens is 1. The van der Waals surface area contributed by atoms with Gasteiger partial charge in [0.1, 0.15) is 0 Å². The molecule has 4 nitrogen and oxygen atoms in total. The standard InChI is InChI=1S/C15H22FNO3S/c1-3-20-15-10-12(8-9-13(15)16)21(18,19)17-14-7-5-4-6-11(14)2/h8-11,14,17H,3-7H2,1-2H3/t11-,14-/m0/s1. The topological polar surface area (TPSA) is 55.4 Å². The highest BCUT2D eigenvalue weighted by Gasteiger charge is 2.27. The summed E-state index contributed by atoms with van der Waals surface area (Å²) in [6, 6.07) is 3.59. The van der Waals surface area contributed by atoms with Gasteiger partial charge in [-0.15, -0.1) is 0 Å². The van der Waals surface area contributed by atoms with E-state index in [-0.39, 0.29) is 23.3 Å². The van der Waals surface area contributed by atoms with Crippen molar-refractivity contribution in [1.29, 1.82) is 0 Å². The van der Waals surface area contributed by atoms with E-state index in [1.807, 2.05) is 0 Å². The molecular weight excluding hydrogens is 293 g/mol. The van der Waals surface area contributed by atoms with Crippen LogP contribution in [0.5, 0.6) is 5.75 Å². The molecule has 1 aromatic carbocycles. The highest BCUT2D eigenvalue weighted by atomic mass is 32.2. The summed E-state index contributed by atoms with van der Waals surface area (Å²) in [5.41, 5.74) is 0. The molecule has 2 atom stereocenters. The average molecular weight is 315 g/mol. The maximum atomic E-state index is 13.5. The summed E-state index contributed by atoms with van der Waals surface area (Å²) < 4.78 is 46.2. The van der Waals surface area contributed by atoms with E-state index in [0.717, 1.165) is 31.7 Å². The highest BCUT2D eigenvalue weighted by Crippen LogP contribution is 2.27. The molecule has 0 aromatic heterocycles. The molecule has 0 aliphatic heterocycles. The van der Waals surface area contributed by atoms with Crippen LogP contribution < -0.4 is 9.46 Å². The summed E-state index contributed by atoms with van der Waals surface area (Å²) in [5.74, 6) is -0.265. The van der Waals surface area contributed by atoms with Gasteiger partial charge in [-0.25, -0.2) is 17.5 Å². The van der Waals surface area contributed by atoms with E-state index in [0.29, 0.717) is 5.92 Å². The Morgan fingerprint density at radius 1 is 1.33 bits per heavy atom. The second-order valence-electron chi connectivity index (χ2n) is 5.51. The van der Waals surface area contributed by atoms with Gasteiger partial charge in [0.05, 0.1) is 11.5 Å².